The largest absolute Gasteiger partial charge is 0.481 e. The van der Waals surface area contributed by atoms with Crippen LogP contribution in [0, 0.1) is 17.8 Å². The molecule has 0 bridgehead atoms. The third-order valence-electron chi connectivity index (χ3n) is 5.22. The second kappa shape index (κ2) is 7.61. The summed E-state index contributed by atoms with van der Waals surface area (Å²) in [6, 6.07) is 0. The fourth-order valence-corrected chi connectivity index (χ4v) is 5.14. The lowest BCUT2D eigenvalue weighted by molar-refractivity contribution is -0.146. The van der Waals surface area contributed by atoms with Gasteiger partial charge >= 0.3 is 11.9 Å². The average Bonchev–Trinajstić information content (AvgIpc) is 2.97. The monoisotopic (exact) mass is 377 g/mol. The predicted octanol–water partition coefficient (Wildman–Crippen LogP) is 3.27. The van der Waals surface area contributed by atoms with Crippen molar-refractivity contribution >= 4 is 34.2 Å². The van der Waals surface area contributed by atoms with Crippen LogP contribution in [0.4, 0.5) is 5.00 Å². The summed E-state index contributed by atoms with van der Waals surface area (Å²) in [7, 11) is 1.33. The maximum absolute atomic E-state index is 12.8. The van der Waals surface area contributed by atoms with Crippen LogP contribution in [0.1, 0.15) is 47.0 Å². The second-order valence-electron chi connectivity index (χ2n) is 7.03. The van der Waals surface area contributed by atoms with Crippen molar-refractivity contribution in [3.05, 3.63) is 28.2 Å². The molecule has 0 radical (unpaired) electrons. The third-order valence-corrected chi connectivity index (χ3v) is 6.39. The molecule has 0 fully saturated rings. The fraction of sp³-hybridized carbons (Fsp3) is 0.526. The van der Waals surface area contributed by atoms with Crippen LogP contribution < -0.4 is 5.32 Å². The number of anilines is 1. The molecular formula is C19H23NO5S. The fourth-order valence-electron chi connectivity index (χ4n) is 3.74. The molecule has 2 aliphatic rings. The number of ether oxygens (including phenoxy) is 1. The molecule has 140 valence electrons. The minimum atomic E-state index is -0.970. The third kappa shape index (κ3) is 3.53. The highest BCUT2D eigenvalue weighted by Crippen LogP contribution is 2.40. The van der Waals surface area contributed by atoms with Crippen molar-refractivity contribution in [1.29, 1.82) is 0 Å². The van der Waals surface area contributed by atoms with E-state index < -0.39 is 23.8 Å². The Balaban J connectivity index is 1.89. The quantitative estimate of drug-likeness (QED) is 0.621. The van der Waals surface area contributed by atoms with Gasteiger partial charge in [0.1, 0.15) is 5.00 Å². The number of thiophene rings is 1. The highest BCUT2D eigenvalue weighted by molar-refractivity contribution is 7.17. The summed E-state index contributed by atoms with van der Waals surface area (Å²) in [6.45, 7) is 2.17. The summed E-state index contributed by atoms with van der Waals surface area (Å²) in [5.74, 6) is -2.61. The molecule has 7 heteroatoms. The second-order valence-corrected chi connectivity index (χ2v) is 8.14. The first kappa shape index (κ1) is 18.6. The van der Waals surface area contributed by atoms with Crippen molar-refractivity contribution in [1.82, 2.24) is 0 Å². The number of rotatable bonds is 4. The van der Waals surface area contributed by atoms with Gasteiger partial charge in [0.25, 0.3) is 0 Å². The lowest BCUT2D eigenvalue weighted by atomic mass is 9.82. The summed E-state index contributed by atoms with van der Waals surface area (Å²) in [4.78, 5) is 37.6. The minimum absolute atomic E-state index is 0.343. The summed E-state index contributed by atoms with van der Waals surface area (Å²) in [6.07, 6.45) is 7.03. The van der Waals surface area contributed by atoms with Crippen molar-refractivity contribution < 1.29 is 24.2 Å². The molecule has 1 amide bonds. The van der Waals surface area contributed by atoms with Crippen LogP contribution in [-0.2, 0) is 27.2 Å². The van der Waals surface area contributed by atoms with Crippen molar-refractivity contribution in [3.8, 4) is 0 Å². The minimum Gasteiger partial charge on any atom is -0.481 e. The van der Waals surface area contributed by atoms with E-state index in [0.717, 1.165) is 29.7 Å². The molecule has 1 aromatic rings. The molecule has 0 aromatic carbocycles. The first-order valence-electron chi connectivity index (χ1n) is 8.83. The number of carbonyl (C=O) groups excluding carboxylic acids is 2. The van der Waals surface area contributed by atoms with Crippen LogP contribution in [0.5, 0.6) is 0 Å². The van der Waals surface area contributed by atoms with Crippen LogP contribution in [0.3, 0.4) is 0 Å². The molecule has 26 heavy (non-hydrogen) atoms. The summed E-state index contributed by atoms with van der Waals surface area (Å²) < 4.78 is 4.93. The highest BCUT2D eigenvalue weighted by Gasteiger charge is 2.36. The number of fused-ring (bicyclic) bond motifs is 1. The summed E-state index contributed by atoms with van der Waals surface area (Å²) >= 11 is 1.41. The van der Waals surface area contributed by atoms with Crippen LogP contribution in [0.25, 0.3) is 0 Å². The van der Waals surface area contributed by atoms with Crippen molar-refractivity contribution in [3.63, 3.8) is 0 Å². The number of carboxylic acid groups (broad SMARTS) is 1. The van der Waals surface area contributed by atoms with E-state index in [9.17, 15) is 19.5 Å². The number of carbonyl (C=O) groups is 3. The number of aliphatic carboxylic acids is 1. The van der Waals surface area contributed by atoms with Gasteiger partial charge in [0, 0.05) is 4.88 Å². The highest BCUT2D eigenvalue weighted by atomic mass is 32.1. The molecule has 6 nitrogen and oxygen atoms in total. The van der Waals surface area contributed by atoms with Gasteiger partial charge in [0.2, 0.25) is 5.91 Å². The van der Waals surface area contributed by atoms with Gasteiger partial charge in [-0.05, 0) is 43.6 Å². The molecule has 2 N–H and O–H groups in total. The van der Waals surface area contributed by atoms with Crippen molar-refractivity contribution in [2.75, 3.05) is 12.4 Å². The number of amides is 1. The molecule has 0 unspecified atom stereocenters. The zero-order chi connectivity index (χ0) is 18.8. The first-order chi connectivity index (χ1) is 12.4. The average molecular weight is 377 g/mol. The zero-order valence-electron chi connectivity index (χ0n) is 14.9. The number of hydrogen-bond acceptors (Lipinski definition) is 5. The number of carboxylic acids is 1. The molecule has 1 aromatic heterocycles. The normalized spacial score (nSPS) is 24.6. The summed E-state index contributed by atoms with van der Waals surface area (Å²) in [5, 5.41) is 12.7. The number of hydrogen-bond donors (Lipinski definition) is 2. The molecule has 2 aliphatic carbocycles. The van der Waals surface area contributed by atoms with Gasteiger partial charge in [-0.2, -0.15) is 0 Å². The van der Waals surface area contributed by atoms with Crippen LogP contribution in [0.15, 0.2) is 12.2 Å². The predicted molar refractivity (Wildman–Crippen MR) is 98.5 cm³/mol. The van der Waals surface area contributed by atoms with Crippen LogP contribution >= 0.6 is 11.3 Å². The molecular weight excluding hydrogens is 354 g/mol. The van der Waals surface area contributed by atoms with E-state index in [-0.39, 0.29) is 5.91 Å². The Morgan fingerprint density at radius 2 is 1.92 bits per heavy atom. The number of allylic oxidation sites excluding steroid dienone is 2. The van der Waals surface area contributed by atoms with Gasteiger partial charge in [-0.3, -0.25) is 9.59 Å². The standard InChI is InChI=1S/C19H23NO5S/c1-10-7-8-13-14(9-10)26-17(15(13)19(24)25-2)20-16(21)11-5-3-4-6-12(11)18(22)23/h3-4,10-12H,5-9H2,1-2H3,(H,20,21)(H,22,23)/t10-,11+,12+/m0/s1. The Morgan fingerprint density at radius 1 is 1.23 bits per heavy atom. The molecule has 0 aliphatic heterocycles. The van der Waals surface area contributed by atoms with Crippen LogP contribution in [-0.4, -0.2) is 30.1 Å². The van der Waals surface area contributed by atoms with Crippen molar-refractivity contribution in [2.45, 2.75) is 39.0 Å². The molecule has 0 saturated carbocycles. The van der Waals surface area contributed by atoms with E-state index in [2.05, 4.69) is 12.2 Å². The van der Waals surface area contributed by atoms with Crippen LogP contribution in [0.2, 0.25) is 0 Å². The molecule has 1 heterocycles. The smallest absolute Gasteiger partial charge is 0.341 e. The van der Waals surface area contributed by atoms with E-state index >= 15 is 0 Å². The Labute approximate surface area is 156 Å². The summed E-state index contributed by atoms with van der Waals surface area (Å²) in [5.41, 5.74) is 1.40. The van der Waals surface area contributed by atoms with Gasteiger partial charge in [0.05, 0.1) is 24.5 Å². The molecule has 3 atom stereocenters. The van der Waals surface area contributed by atoms with E-state index in [1.54, 1.807) is 6.08 Å². The van der Waals surface area contributed by atoms with E-state index in [1.807, 2.05) is 6.08 Å². The lowest BCUT2D eigenvalue weighted by Crippen LogP contribution is -2.34. The van der Waals surface area contributed by atoms with E-state index in [0.29, 0.717) is 29.3 Å². The van der Waals surface area contributed by atoms with Gasteiger partial charge in [-0.15, -0.1) is 11.3 Å². The van der Waals surface area contributed by atoms with Gasteiger partial charge in [-0.25, -0.2) is 4.79 Å². The molecule has 3 rings (SSSR count). The number of methoxy groups -OCH3 is 1. The van der Waals surface area contributed by atoms with E-state index in [1.165, 1.54) is 18.4 Å². The van der Waals surface area contributed by atoms with E-state index in [4.69, 9.17) is 4.74 Å². The number of esters is 1. The first-order valence-corrected chi connectivity index (χ1v) is 9.65. The molecule has 0 saturated heterocycles. The Morgan fingerprint density at radius 3 is 2.58 bits per heavy atom. The molecule has 0 spiro atoms. The zero-order valence-corrected chi connectivity index (χ0v) is 15.7. The van der Waals surface area contributed by atoms with Gasteiger partial charge in [-0.1, -0.05) is 19.1 Å². The van der Waals surface area contributed by atoms with Gasteiger partial charge in [0.15, 0.2) is 0 Å². The Bertz CT molecular complexity index is 766. The van der Waals surface area contributed by atoms with Gasteiger partial charge < -0.3 is 15.2 Å². The van der Waals surface area contributed by atoms with Crippen molar-refractivity contribution in [2.24, 2.45) is 17.8 Å². The topological polar surface area (TPSA) is 92.7 Å². The lowest BCUT2D eigenvalue weighted by Gasteiger charge is -2.24. The maximum Gasteiger partial charge on any atom is 0.341 e. The number of nitrogens with one attached hydrogen (secondary N) is 1. The Hall–Kier alpha value is -2.15. The maximum atomic E-state index is 12.8. The Kier molecular flexibility index (Phi) is 5.46. The SMILES string of the molecule is COC(=O)c1c(NC(=O)[C@@H]2CC=CC[C@H]2C(=O)O)sc2c1CC[C@H](C)C2.